The van der Waals surface area contributed by atoms with Gasteiger partial charge >= 0.3 is 6.01 Å². The van der Waals surface area contributed by atoms with Gasteiger partial charge in [0.15, 0.2) is 0 Å². The van der Waals surface area contributed by atoms with Gasteiger partial charge < -0.3 is 4.42 Å². The first-order valence-electron chi connectivity index (χ1n) is 9.40. The molecule has 158 valence electrons. The Balaban J connectivity index is 1.40. The average molecular weight is 467 g/mol. The molecule has 0 saturated carbocycles. The van der Waals surface area contributed by atoms with E-state index >= 15 is 0 Å². The minimum absolute atomic E-state index is 0.0253. The maximum atomic E-state index is 12.7. The third-order valence-corrected chi connectivity index (χ3v) is 7.85. The molecule has 1 saturated heterocycles. The summed E-state index contributed by atoms with van der Waals surface area (Å²) in [6.45, 7) is 1.06. The quantitative estimate of drug-likeness (QED) is 0.592. The molecule has 1 aliphatic rings. The predicted octanol–water partition coefficient (Wildman–Crippen LogP) is 3.80. The van der Waals surface area contributed by atoms with Crippen molar-refractivity contribution in [2.75, 3.05) is 18.4 Å². The molecular formula is C19H19ClN4O4S2. The van der Waals surface area contributed by atoms with Crippen LogP contribution in [0.25, 0.3) is 0 Å². The second kappa shape index (κ2) is 8.84. The van der Waals surface area contributed by atoms with Crippen molar-refractivity contribution in [1.82, 2.24) is 14.5 Å². The van der Waals surface area contributed by atoms with Gasteiger partial charge in [0.25, 0.3) is 5.91 Å². The lowest BCUT2D eigenvalue weighted by Gasteiger charge is -2.25. The Kier molecular flexibility index (Phi) is 6.19. The molecule has 2 aromatic heterocycles. The van der Waals surface area contributed by atoms with Gasteiger partial charge in [-0.05, 0) is 49.2 Å². The third kappa shape index (κ3) is 4.72. The number of aromatic nitrogens is 2. The predicted molar refractivity (Wildman–Crippen MR) is 113 cm³/mol. The van der Waals surface area contributed by atoms with Gasteiger partial charge in [-0.2, -0.15) is 4.31 Å². The number of benzene rings is 1. The number of halogens is 1. The molecule has 0 radical (unpaired) electrons. The van der Waals surface area contributed by atoms with Crippen LogP contribution in [0.2, 0.25) is 4.34 Å². The molecule has 1 N–H and O–H groups in total. The van der Waals surface area contributed by atoms with Crippen LogP contribution in [0.4, 0.5) is 6.01 Å². The highest BCUT2D eigenvalue weighted by Crippen LogP contribution is 2.24. The molecule has 0 unspecified atom stereocenters. The topological polar surface area (TPSA) is 105 Å². The van der Waals surface area contributed by atoms with E-state index in [1.165, 1.54) is 39.9 Å². The lowest BCUT2D eigenvalue weighted by atomic mass is 10.2. The van der Waals surface area contributed by atoms with Crippen molar-refractivity contribution in [3.8, 4) is 0 Å². The SMILES string of the molecule is O=C(Nc1nnc(Cc2ccc(Cl)s2)o1)c1ccc(S(=O)(=O)N2CCCCC2)cc1. The van der Waals surface area contributed by atoms with Crippen LogP contribution in [-0.2, 0) is 16.4 Å². The van der Waals surface area contributed by atoms with Crippen molar-refractivity contribution >= 4 is 44.9 Å². The summed E-state index contributed by atoms with van der Waals surface area (Å²) in [6.07, 6.45) is 3.20. The number of sulfonamides is 1. The van der Waals surface area contributed by atoms with Crippen LogP contribution in [0, 0.1) is 0 Å². The molecule has 8 nitrogen and oxygen atoms in total. The Morgan fingerprint density at radius 2 is 1.83 bits per heavy atom. The van der Waals surface area contributed by atoms with E-state index < -0.39 is 15.9 Å². The van der Waals surface area contributed by atoms with E-state index in [-0.39, 0.29) is 16.5 Å². The van der Waals surface area contributed by atoms with E-state index in [0.717, 1.165) is 24.1 Å². The molecule has 0 bridgehead atoms. The largest absolute Gasteiger partial charge is 0.407 e. The van der Waals surface area contributed by atoms with Crippen LogP contribution in [0.15, 0.2) is 45.7 Å². The average Bonchev–Trinajstić information content (AvgIpc) is 3.37. The fourth-order valence-corrected chi connectivity index (χ4v) is 5.77. The molecule has 4 rings (SSSR count). The summed E-state index contributed by atoms with van der Waals surface area (Å²) in [6, 6.07) is 9.46. The summed E-state index contributed by atoms with van der Waals surface area (Å²) in [7, 11) is -3.54. The lowest BCUT2D eigenvalue weighted by molar-refractivity contribution is 0.102. The summed E-state index contributed by atoms with van der Waals surface area (Å²) in [5.74, 6) is -0.113. The Morgan fingerprint density at radius 1 is 1.10 bits per heavy atom. The molecule has 3 heterocycles. The van der Waals surface area contributed by atoms with E-state index in [9.17, 15) is 13.2 Å². The minimum atomic E-state index is -3.54. The number of carbonyl (C=O) groups is 1. The van der Waals surface area contributed by atoms with Crippen LogP contribution < -0.4 is 5.32 Å². The van der Waals surface area contributed by atoms with Gasteiger partial charge in [0.1, 0.15) is 0 Å². The number of hydrogen-bond donors (Lipinski definition) is 1. The van der Waals surface area contributed by atoms with E-state index in [1.807, 2.05) is 6.07 Å². The normalized spacial score (nSPS) is 15.2. The molecular weight excluding hydrogens is 448 g/mol. The van der Waals surface area contributed by atoms with Gasteiger partial charge in [-0.3, -0.25) is 10.1 Å². The summed E-state index contributed by atoms with van der Waals surface area (Å²) >= 11 is 7.32. The van der Waals surface area contributed by atoms with Crippen molar-refractivity contribution < 1.29 is 17.6 Å². The zero-order valence-electron chi connectivity index (χ0n) is 15.9. The second-order valence-electron chi connectivity index (χ2n) is 6.83. The van der Waals surface area contributed by atoms with Crippen LogP contribution in [0.1, 0.15) is 40.4 Å². The van der Waals surface area contributed by atoms with Gasteiger partial charge in [0.05, 0.1) is 15.7 Å². The molecule has 11 heteroatoms. The Labute approximate surface area is 182 Å². The van der Waals surface area contributed by atoms with Crippen LogP contribution in [0.3, 0.4) is 0 Å². The first-order chi connectivity index (χ1) is 14.4. The van der Waals surface area contributed by atoms with Crippen LogP contribution in [-0.4, -0.2) is 41.9 Å². The summed E-state index contributed by atoms with van der Waals surface area (Å²) in [4.78, 5) is 13.6. The van der Waals surface area contributed by atoms with Crippen molar-refractivity contribution in [2.24, 2.45) is 0 Å². The highest BCUT2D eigenvalue weighted by Gasteiger charge is 2.26. The fourth-order valence-electron chi connectivity index (χ4n) is 3.17. The molecule has 0 atom stereocenters. The third-order valence-electron chi connectivity index (χ3n) is 4.71. The summed E-state index contributed by atoms with van der Waals surface area (Å²) in [5.41, 5.74) is 0.289. The highest BCUT2D eigenvalue weighted by molar-refractivity contribution is 7.89. The number of rotatable bonds is 6. The van der Waals surface area contributed by atoms with Gasteiger partial charge in [-0.25, -0.2) is 8.42 Å². The number of carbonyl (C=O) groups excluding carboxylic acids is 1. The van der Waals surface area contributed by atoms with Crippen molar-refractivity contribution in [3.05, 3.63) is 57.1 Å². The lowest BCUT2D eigenvalue weighted by Crippen LogP contribution is -2.35. The van der Waals surface area contributed by atoms with E-state index in [2.05, 4.69) is 15.5 Å². The number of hydrogen-bond acceptors (Lipinski definition) is 7. The van der Waals surface area contributed by atoms with Gasteiger partial charge in [-0.15, -0.1) is 16.4 Å². The number of piperidine rings is 1. The molecule has 30 heavy (non-hydrogen) atoms. The van der Waals surface area contributed by atoms with Gasteiger partial charge in [0, 0.05) is 23.5 Å². The first kappa shape index (κ1) is 21.0. The van der Waals surface area contributed by atoms with Crippen LogP contribution in [0.5, 0.6) is 0 Å². The van der Waals surface area contributed by atoms with E-state index in [4.69, 9.17) is 16.0 Å². The number of anilines is 1. The van der Waals surface area contributed by atoms with Gasteiger partial charge in [0.2, 0.25) is 15.9 Å². The standard InChI is InChI=1S/C19H19ClN4O4S2/c20-16-9-6-14(29-16)12-17-22-23-19(28-17)21-18(25)13-4-7-15(8-5-13)30(26,27)24-10-2-1-3-11-24/h4-9H,1-3,10-12H2,(H,21,23,25). The zero-order chi connectivity index (χ0) is 21.1. The maximum Gasteiger partial charge on any atom is 0.322 e. The van der Waals surface area contributed by atoms with E-state index in [0.29, 0.717) is 29.7 Å². The Hall–Kier alpha value is -2.27. The zero-order valence-corrected chi connectivity index (χ0v) is 18.3. The van der Waals surface area contributed by atoms with Crippen molar-refractivity contribution in [3.63, 3.8) is 0 Å². The number of amides is 1. The summed E-state index contributed by atoms with van der Waals surface area (Å²) < 4.78 is 33.0. The van der Waals surface area contributed by atoms with E-state index in [1.54, 1.807) is 6.07 Å². The Morgan fingerprint density at radius 3 is 2.50 bits per heavy atom. The maximum absolute atomic E-state index is 12.7. The minimum Gasteiger partial charge on any atom is -0.407 e. The molecule has 1 aliphatic heterocycles. The molecule has 0 spiro atoms. The second-order valence-corrected chi connectivity index (χ2v) is 10.6. The number of nitrogens with one attached hydrogen (secondary N) is 1. The van der Waals surface area contributed by atoms with Crippen LogP contribution >= 0.6 is 22.9 Å². The Bertz CT molecular complexity index is 1140. The molecule has 3 aromatic rings. The highest BCUT2D eigenvalue weighted by atomic mass is 35.5. The smallest absolute Gasteiger partial charge is 0.322 e. The summed E-state index contributed by atoms with van der Waals surface area (Å²) in [5, 5.41) is 10.3. The molecule has 1 aromatic carbocycles. The molecule has 1 fully saturated rings. The fraction of sp³-hybridized carbons (Fsp3) is 0.316. The first-order valence-corrected chi connectivity index (χ1v) is 12.0. The van der Waals surface area contributed by atoms with Crippen molar-refractivity contribution in [2.45, 2.75) is 30.6 Å². The monoisotopic (exact) mass is 466 g/mol. The number of thiophene rings is 1. The van der Waals surface area contributed by atoms with Gasteiger partial charge in [-0.1, -0.05) is 23.1 Å². The number of nitrogens with zero attached hydrogens (tertiary/aromatic N) is 3. The van der Waals surface area contributed by atoms with Crippen molar-refractivity contribution in [1.29, 1.82) is 0 Å². The molecule has 1 amide bonds. The molecule has 0 aliphatic carbocycles.